The molecule has 0 bridgehead atoms. The topological polar surface area (TPSA) is 60.2 Å². The minimum Gasteiger partial charge on any atom is -0.337 e. The standard InChI is InChI=1S/C19H20N4OS/c1-15-21-18(14-25-15)6-7-19(24)23-10-8-22(9-11-23)13-17-4-2-16(12-20)3-5-17/h2-7,14H,8-11,13H2,1H3. The zero-order valence-corrected chi connectivity index (χ0v) is 15.0. The average molecular weight is 352 g/mol. The van der Waals surface area contributed by atoms with Gasteiger partial charge in [-0.1, -0.05) is 12.1 Å². The summed E-state index contributed by atoms with van der Waals surface area (Å²) in [7, 11) is 0. The van der Waals surface area contributed by atoms with Gasteiger partial charge in [0.2, 0.25) is 5.91 Å². The van der Waals surface area contributed by atoms with Gasteiger partial charge in [0.05, 0.1) is 22.3 Å². The Balaban J connectivity index is 1.48. The van der Waals surface area contributed by atoms with Crippen LogP contribution in [0.1, 0.15) is 21.8 Å². The maximum Gasteiger partial charge on any atom is 0.246 e. The van der Waals surface area contributed by atoms with Crippen molar-refractivity contribution in [2.45, 2.75) is 13.5 Å². The molecule has 0 unspecified atom stereocenters. The summed E-state index contributed by atoms with van der Waals surface area (Å²) in [5, 5.41) is 11.8. The van der Waals surface area contributed by atoms with E-state index in [4.69, 9.17) is 5.26 Å². The van der Waals surface area contributed by atoms with E-state index in [0.29, 0.717) is 5.56 Å². The Morgan fingerprint density at radius 3 is 2.60 bits per heavy atom. The number of carbonyl (C=O) groups excluding carboxylic acids is 1. The van der Waals surface area contributed by atoms with Crippen molar-refractivity contribution in [3.8, 4) is 6.07 Å². The van der Waals surface area contributed by atoms with E-state index < -0.39 is 0 Å². The Morgan fingerprint density at radius 1 is 1.28 bits per heavy atom. The lowest BCUT2D eigenvalue weighted by Crippen LogP contribution is -2.47. The molecular formula is C19H20N4OS. The molecule has 1 amide bonds. The van der Waals surface area contributed by atoms with Crippen molar-refractivity contribution < 1.29 is 4.79 Å². The van der Waals surface area contributed by atoms with Crippen molar-refractivity contribution in [1.29, 1.82) is 5.26 Å². The highest BCUT2D eigenvalue weighted by atomic mass is 32.1. The summed E-state index contributed by atoms with van der Waals surface area (Å²) in [4.78, 5) is 20.8. The Kier molecular flexibility index (Phi) is 5.59. The first kappa shape index (κ1) is 17.3. The third-order valence-electron chi connectivity index (χ3n) is 4.21. The Labute approximate surface area is 151 Å². The minimum absolute atomic E-state index is 0.0451. The molecule has 2 heterocycles. The van der Waals surface area contributed by atoms with E-state index in [-0.39, 0.29) is 5.91 Å². The molecule has 128 valence electrons. The zero-order chi connectivity index (χ0) is 17.6. The normalized spacial score (nSPS) is 15.4. The number of nitrogens with zero attached hydrogens (tertiary/aromatic N) is 4. The van der Waals surface area contributed by atoms with Gasteiger partial charge in [-0.3, -0.25) is 9.69 Å². The fourth-order valence-corrected chi connectivity index (χ4v) is 3.37. The number of aryl methyl sites for hydroxylation is 1. The molecule has 1 aromatic heterocycles. The van der Waals surface area contributed by atoms with E-state index in [1.165, 1.54) is 5.56 Å². The molecular weight excluding hydrogens is 332 g/mol. The summed E-state index contributed by atoms with van der Waals surface area (Å²) >= 11 is 1.58. The van der Waals surface area contributed by atoms with Crippen LogP contribution in [0, 0.1) is 18.3 Å². The summed E-state index contributed by atoms with van der Waals surface area (Å²) in [6, 6.07) is 9.82. The molecule has 1 aliphatic heterocycles. The molecule has 1 aliphatic rings. The highest BCUT2D eigenvalue weighted by Gasteiger charge is 2.19. The number of nitriles is 1. The molecule has 1 aromatic carbocycles. The fourth-order valence-electron chi connectivity index (χ4n) is 2.79. The van der Waals surface area contributed by atoms with E-state index in [0.717, 1.165) is 43.4 Å². The lowest BCUT2D eigenvalue weighted by Gasteiger charge is -2.34. The van der Waals surface area contributed by atoms with Crippen LogP contribution in [0.2, 0.25) is 0 Å². The van der Waals surface area contributed by atoms with Gasteiger partial charge in [0.1, 0.15) is 0 Å². The van der Waals surface area contributed by atoms with Crippen molar-refractivity contribution in [3.05, 3.63) is 57.6 Å². The first-order valence-electron chi connectivity index (χ1n) is 8.24. The highest BCUT2D eigenvalue weighted by Crippen LogP contribution is 2.12. The zero-order valence-electron chi connectivity index (χ0n) is 14.2. The van der Waals surface area contributed by atoms with Gasteiger partial charge in [-0.2, -0.15) is 5.26 Å². The van der Waals surface area contributed by atoms with Gasteiger partial charge in [-0.15, -0.1) is 11.3 Å². The molecule has 2 aromatic rings. The summed E-state index contributed by atoms with van der Waals surface area (Å²) in [5.74, 6) is 0.0451. The van der Waals surface area contributed by atoms with Crippen LogP contribution in [0.15, 0.2) is 35.7 Å². The summed E-state index contributed by atoms with van der Waals surface area (Å²) in [6.45, 7) is 5.98. The maximum atomic E-state index is 12.3. The number of hydrogen-bond acceptors (Lipinski definition) is 5. The number of benzene rings is 1. The maximum absolute atomic E-state index is 12.3. The van der Waals surface area contributed by atoms with E-state index in [2.05, 4.69) is 16.0 Å². The molecule has 0 radical (unpaired) electrons. The van der Waals surface area contributed by atoms with Gasteiger partial charge in [0, 0.05) is 44.2 Å². The monoisotopic (exact) mass is 352 g/mol. The molecule has 0 atom stereocenters. The van der Waals surface area contributed by atoms with Crippen molar-refractivity contribution in [2.75, 3.05) is 26.2 Å². The largest absolute Gasteiger partial charge is 0.337 e. The predicted octanol–water partition coefficient (Wildman–Crippen LogP) is 2.68. The van der Waals surface area contributed by atoms with Crippen molar-refractivity contribution in [3.63, 3.8) is 0 Å². The minimum atomic E-state index is 0.0451. The van der Waals surface area contributed by atoms with Crippen LogP contribution in [0.25, 0.3) is 6.08 Å². The molecule has 1 fully saturated rings. The number of amides is 1. The molecule has 0 spiro atoms. The van der Waals surface area contributed by atoms with Crippen LogP contribution in [0.3, 0.4) is 0 Å². The van der Waals surface area contributed by atoms with E-state index in [9.17, 15) is 4.79 Å². The third kappa shape index (κ3) is 4.75. The van der Waals surface area contributed by atoms with Gasteiger partial charge in [0.25, 0.3) is 0 Å². The smallest absolute Gasteiger partial charge is 0.246 e. The first-order chi connectivity index (χ1) is 12.1. The summed E-state index contributed by atoms with van der Waals surface area (Å²) in [6.07, 6.45) is 3.40. The van der Waals surface area contributed by atoms with Gasteiger partial charge in [0.15, 0.2) is 0 Å². The van der Waals surface area contributed by atoms with Crippen LogP contribution >= 0.6 is 11.3 Å². The number of rotatable bonds is 4. The average Bonchev–Trinajstić information content (AvgIpc) is 3.06. The van der Waals surface area contributed by atoms with Gasteiger partial charge in [-0.05, 0) is 30.7 Å². The fraction of sp³-hybridized carbons (Fsp3) is 0.316. The molecule has 0 saturated carbocycles. The molecule has 0 N–H and O–H groups in total. The molecule has 1 saturated heterocycles. The van der Waals surface area contributed by atoms with E-state index in [1.54, 1.807) is 23.5 Å². The highest BCUT2D eigenvalue weighted by molar-refractivity contribution is 7.09. The van der Waals surface area contributed by atoms with E-state index in [1.807, 2.05) is 41.5 Å². The molecule has 5 nitrogen and oxygen atoms in total. The van der Waals surface area contributed by atoms with Crippen LogP contribution in [0.5, 0.6) is 0 Å². The Morgan fingerprint density at radius 2 is 2.00 bits per heavy atom. The molecule has 6 heteroatoms. The van der Waals surface area contributed by atoms with Crippen molar-refractivity contribution in [2.24, 2.45) is 0 Å². The molecule has 0 aliphatic carbocycles. The Hall–Kier alpha value is -2.49. The SMILES string of the molecule is Cc1nc(C=CC(=O)N2CCN(Cc3ccc(C#N)cc3)CC2)cs1. The number of piperazine rings is 1. The summed E-state index contributed by atoms with van der Waals surface area (Å²) in [5.41, 5.74) is 2.72. The van der Waals surface area contributed by atoms with Crippen LogP contribution in [-0.2, 0) is 11.3 Å². The lowest BCUT2D eigenvalue weighted by atomic mass is 10.1. The van der Waals surface area contributed by atoms with Crippen LogP contribution < -0.4 is 0 Å². The number of aromatic nitrogens is 1. The van der Waals surface area contributed by atoms with Crippen molar-refractivity contribution in [1.82, 2.24) is 14.8 Å². The second-order valence-electron chi connectivity index (χ2n) is 6.03. The Bertz CT molecular complexity index is 796. The van der Waals surface area contributed by atoms with Gasteiger partial charge >= 0.3 is 0 Å². The quantitative estimate of drug-likeness (QED) is 0.794. The van der Waals surface area contributed by atoms with Crippen LogP contribution in [0.4, 0.5) is 0 Å². The van der Waals surface area contributed by atoms with Gasteiger partial charge in [-0.25, -0.2) is 4.98 Å². The third-order valence-corrected chi connectivity index (χ3v) is 5.00. The predicted molar refractivity (Wildman–Crippen MR) is 98.9 cm³/mol. The molecule has 25 heavy (non-hydrogen) atoms. The van der Waals surface area contributed by atoms with Crippen molar-refractivity contribution >= 4 is 23.3 Å². The molecule has 3 rings (SSSR count). The number of carbonyl (C=O) groups is 1. The number of hydrogen-bond donors (Lipinski definition) is 0. The van der Waals surface area contributed by atoms with Gasteiger partial charge < -0.3 is 4.90 Å². The first-order valence-corrected chi connectivity index (χ1v) is 9.12. The summed E-state index contributed by atoms with van der Waals surface area (Å²) < 4.78 is 0. The number of thiazole rings is 1. The second kappa shape index (κ2) is 8.06. The second-order valence-corrected chi connectivity index (χ2v) is 7.10. The lowest BCUT2D eigenvalue weighted by molar-refractivity contribution is -0.127. The van der Waals surface area contributed by atoms with E-state index >= 15 is 0 Å². The van der Waals surface area contributed by atoms with Crippen LogP contribution in [-0.4, -0.2) is 46.9 Å².